The number of hydrogen-bond donors (Lipinski definition) is 1. The van der Waals surface area contributed by atoms with Gasteiger partial charge in [-0.05, 0) is 13.3 Å². The SMILES string of the molecule is CC1CCN=CC(N)=N1. The quantitative estimate of drug-likeness (QED) is 0.494. The second-order valence-electron chi connectivity index (χ2n) is 2.23. The molecule has 1 aliphatic heterocycles. The number of rotatable bonds is 0. The Kier molecular flexibility index (Phi) is 1.82. The van der Waals surface area contributed by atoms with E-state index in [2.05, 4.69) is 9.98 Å². The van der Waals surface area contributed by atoms with Crippen LogP contribution >= 0.6 is 0 Å². The predicted molar refractivity (Wildman–Crippen MR) is 39.1 cm³/mol. The maximum atomic E-state index is 5.43. The number of hydrogen-bond acceptors (Lipinski definition) is 3. The van der Waals surface area contributed by atoms with E-state index in [1.165, 1.54) is 0 Å². The lowest BCUT2D eigenvalue weighted by Gasteiger charge is -1.98. The lowest BCUT2D eigenvalue weighted by atomic mass is 10.2. The Labute approximate surface area is 54.7 Å². The Bertz CT molecular complexity index is 148. The smallest absolute Gasteiger partial charge is 0.136 e. The molecular weight excluding hydrogens is 114 g/mol. The summed E-state index contributed by atoms with van der Waals surface area (Å²) in [5, 5.41) is 0. The summed E-state index contributed by atoms with van der Waals surface area (Å²) >= 11 is 0. The van der Waals surface area contributed by atoms with Gasteiger partial charge < -0.3 is 5.73 Å². The molecular formula is C6H11N3. The molecule has 0 aromatic heterocycles. The summed E-state index contributed by atoms with van der Waals surface area (Å²) in [4.78, 5) is 8.14. The first kappa shape index (κ1) is 6.26. The molecule has 1 aliphatic rings. The largest absolute Gasteiger partial charge is 0.383 e. The Morgan fingerprint density at radius 2 is 2.56 bits per heavy atom. The van der Waals surface area contributed by atoms with Crippen LogP contribution in [0.15, 0.2) is 9.98 Å². The van der Waals surface area contributed by atoms with Crippen molar-refractivity contribution in [2.75, 3.05) is 6.54 Å². The van der Waals surface area contributed by atoms with E-state index >= 15 is 0 Å². The standard InChI is InChI=1S/C6H11N3/c1-5-2-3-8-4-6(7)9-5/h4-5H,2-3H2,1H3,(H2,7,9). The molecule has 0 spiro atoms. The molecule has 0 amide bonds. The van der Waals surface area contributed by atoms with Crippen LogP contribution in [0.5, 0.6) is 0 Å². The third kappa shape index (κ3) is 1.83. The molecule has 0 fully saturated rings. The van der Waals surface area contributed by atoms with Crippen molar-refractivity contribution in [1.29, 1.82) is 0 Å². The van der Waals surface area contributed by atoms with E-state index in [-0.39, 0.29) is 0 Å². The minimum atomic E-state index is 0.340. The van der Waals surface area contributed by atoms with E-state index in [9.17, 15) is 0 Å². The highest BCUT2D eigenvalue weighted by molar-refractivity contribution is 6.28. The minimum absolute atomic E-state index is 0.340. The molecule has 3 nitrogen and oxygen atoms in total. The summed E-state index contributed by atoms with van der Waals surface area (Å²) < 4.78 is 0. The molecule has 0 bridgehead atoms. The number of nitrogens with zero attached hydrogens (tertiary/aromatic N) is 2. The summed E-state index contributed by atoms with van der Waals surface area (Å²) in [6.45, 7) is 2.90. The van der Waals surface area contributed by atoms with Gasteiger partial charge in [0.2, 0.25) is 0 Å². The van der Waals surface area contributed by atoms with Crippen LogP contribution in [0, 0.1) is 0 Å². The van der Waals surface area contributed by atoms with Gasteiger partial charge >= 0.3 is 0 Å². The highest BCUT2D eigenvalue weighted by Crippen LogP contribution is 1.98. The Morgan fingerprint density at radius 1 is 1.78 bits per heavy atom. The zero-order chi connectivity index (χ0) is 6.69. The second-order valence-corrected chi connectivity index (χ2v) is 2.23. The van der Waals surface area contributed by atoms with Gasteiger partial charge in [-0.3, -0.25) is 9.98 Å². The Hall–Kier alpha value is -0.860. The van der Waals surface area contributed by atoms with Crippen molar-refractivity contribution in [2.45, 2.75) is 19.4 Å². The lowest BCUT2D eigenvalue weighted by Crippen LogP contribution is -2.14. The van der Waals surface area contributed by atoms with Gasteiger partial charge in [0.25, 0.3) is 0 Å². The molecule has 0 saturated heterocycles. The van der Waals surface area contributed by atoms with Crippen LogP contribution in [-0.4, -0.2) is 24.6 Å². The molecule has 0 saturated carbocycles. The summed E-state index contributed by atoms with van der Waals surface area (Å²) in [7, 11) is 0. The molecule has 0 aromatic rings. The maximum absolute atomic E-state index is 5.43. The van der Waals surface area contributed by atoms with Crippen molar-refractivity contribution in [3.63, 3.8) is 0 Å². The van der Waals surface area contributed by atoms with Gasteiger partial charge in [-0.1, -0.05) is 0 Å². The van der Waals surface area contributed by atoms with E-state index in [0.29, 0.717) is 11.9 Å². The fraction of sp³-hybridized carbons (Fsp3) is 0.667. The van der Waals surface area contributed by atoms with Crippen molar-refractivity contribution < 1.29 is 0 Å². The molecule has 1 heterocycles. The van der Waals surface area contributed by atoms with Crippen LogP contribution < -0.4 is 5.73 Å². The molecule has 0 aliphatic carbocycles. The molecule has 2 N–H and O–H groups in total. The van der Waals surface area contributed by atoms with Crippen LogP contribution in [0.1, 0.15) is 13.3 Å². The van der Waals surface area contributed by atoms with Crippen molar-refractivity contribution in [2.24, 2.45) is 15.7 Å². The van der Waals surface area contributed by atoms with Crippen molar-refractivity contribution in [3.8, 4) is 0 Å². The third-order valence-electron chi connectivity index (χ3n) is 1.27. The van der Waals surface area contributed by atoms with Crippen LogP contribution in [0.4, 0.5) is 0 Å². The highest BCUT2D eigenvalue weighted by atomic mass is 14.9. The highest BCUT2D eigenvalue weighted by Gasteiger charge is 2.01. The Balaban J connectivity index is 2.62. The molecule has 1 unspecified atom stereocenters. The van der Waals surface area contributed by atoms with Crippen molar-refractivity contribution >= 4 is 12.1 Å². The van der Waals surface area contributed by atoms with Gasteiger partial charge in [0.1, 0.15) is 5.84 Å². The van der Waals surface area contributed by atoms with Gasteiger partial charge in [0.15, 0.2) is 0 Å². The third-order valence-corrected chi connectivity index (χ3v) is 1.27. The number of amidine groups is 1. The fourth-order valence-electron chi connectivity index (χ4n) is 0.772. The van der Waals surface area contributed by atoms with Crippen molar-refractivity contribution in [3.05, 3.63) is 0 Å². The molecule has 1 atom stereocenters. The first-order valence-electron chi connectivity index (χ1n) is 3.12. The van der Waals surface area contributed by atoms with E-state index < -0.39 is 0 Å². The van der Waals surface area contributed by atoms with E-state index in [0.717, 1.165) is 13.0 Å². The van der Waals surface area contributed by atoms with Crippen molar-refractivity contribution in [1.82, 2.24) is 0 Å². The minimum Gasteiger partial charge on any atom is -0.383 e. The van der Waals surface area contributed by atoms with Crippen LogP contribution in [0.2, 0.25) is 0 Å². The molecule has 3 heteroatoms. The zero-order valence-electron chi connectivity index (χ0n) is 5.54. The molecule has 9 heavy (non-hydrogen) atoms. The fourth-order valence-corrected chi connectivity index (χ4v) is 0.772. The summed E-state index contributed by atoms with van der Waals surface area (Å²) in [6.07, 6.45) is 2.64. The van der Waals surface area contributed by atoms with Crippen LogP contribution in [0.3, 0.4) is 0 Å². The average molecular weight is 125 g/mol. The molecule has 1 rings (SSSR count). The van der Waals surface area contributed by atoms with E-state index in [1.807, 2.05) is 6.92 Å². The van der Waals surface area contributed by atoms with Gasteiger partial charge in [-0.25, -0.2) is 0 Å². The normalized spacial score (nSPS) is 27.2. The average Bonchev–Trinajstić information content (AvgIpc) is 1.93. The summed E-state index contributed by atoms with van der Waals surface area (Å²) in [6, 6.07) is 0.340. The monoisotopic (exact) mass is 125 g/mol. The van der Waals surface area contributed by atoms with E-state index in [1.54, 1.807) is 6.21 Å². The first-order valence-corrected chi connectivity index (χ1v) is 3.12. The molecule has 0 radical (unpaired) electrons. The van der Waals surface area contributed by atoms with Gasteiger partial charge in [-0.2, -0.15) is 0 Å². The lowest BCUT2D eigenvalue weighted by molar-refractivity contribution is 0.686. The van der Waals surface area contributed by atoms with Gasteiger partial charge in [0, 0.05) is 6.54 Å². The number of aliphatic imine (C=N–C) groups is 2. The van der Waals surface area contributed by atoms with Crippen LogP contribution in [-0.2, 0) is 0 Å². The maximum Gasteiger partial charge on any atom is 0.136 e. The summed E-state index contributed by atoms with van der Waals surface area (Å²) in [5.74, 6) is 0.556. The van der Waals surface area contributed by atoms with Gasteiger partial charge in [0.05, 0.1) is 12.3 Å². The topological polar surface area (TPSA) is 50.7 Å². The Morgan fingerprint density at radius 3 is 3.33 bits per heavy atom. The number of nitrogens with two attached hydrogens (primary N) is 1. The molecule has 0 aromatic carbocycles. The second kappa shape index (κ2) is 2.62. The summed E-state index contributed by atoms with van der Waals surface area (Å²) in [5.41, 5.74) is 5.43. The first-order chi connectivity index (χ1) is 4.29. The van der Waals surface area contributed by atoms with E-state index in [4.69, 9.17) is 5.73 Å². The molecule has 50 valence electrons. The predicted octanol–water partition coefficient (Wildman–Crippen LogP) is 0.207. The van der Waals surface area contributed by atoms with Gasteiger partial charge in [-0.15, -0.1) is 0 Å². The zero-order valence-corrected chi connectivity index (χ0v) is 5.54. The van der Waals surface area contributed by atoms with Crippen LogP contribution in [0.25, 0.3) is 0 Å².